The molecule has 130 valence electrons. The van der Waals surface area contributed by atoms with E-state index in [1.165, 1.54) is 22.5 Å². The first-order chi connectivity index (χ1) is 11.3. The van der Waals surface area contributed by atoms with Crippen LogP contribution in [0.2, 0.25) is 10.0 Å². The number of rotatable bonds is 3. The van der Waals surface area contributed by atoms with Gasteiger partial charge in [-0.25, -0.2) is 18.1 Å². The molecule has 10 heteroatoms. The van der Waals surface area contributed by atoms with E-state index in [-0.39, 0.29) is 46.6 Å². The number of hydrogen-bond donors (Lipinski definition) is 0. The monoisotopic (exact) mass is 392 g/mol. The van der Waals surface area contributed by atoms with E-state index < -0.39 is 16.1 Å². The van der Waals surface area contributed by atoms with Crippen molar-refractivity contribution in [3.05, 3.63) is 28.2 Å². The predicted octanol–water partition coefficient (Wildman–Crippen LogP) is 2.13. The molecule has 2 saturated heterocycles. The Balaban J connectivity index is 1.75. The molecule has 0 aliphatic carbocycles. The molecule has 0 atom stereocenters. The average molecular weight is 393 g/mol. The van der Waals surface area contributed by atoms with Gasteiger partial charge in [0.15, 0.2) is 6.61 Å². The lowest BCUT2D eigenvalue weighted by atomic mass is 10.1. The van der Waals surface area contributed by atoms with Crippen LogP contribution in [0.25, 0.3) is 0 Å². The highest BCUT2D eigenvalue weighted by molar-refractivity contribution is 7.89. The largest absolute Gasteiger partial charge is 0.439 e. The number of halogens is 2. The Morgan fingerprint density at radius 3 is 2.38 bits per heavy atom. The number of imide groups is 1. The molecule has 7 nitrogen and oxygen atoms in total. The zero-order valence-corrected chi connectivity index (χ0v) is 14.8. The number of hydrogen-bond acceptors (Lipinski definition) is 5. The number of nitrogens with zero attached hydrogens (tertiary/aromatic N) is 2. The summed E-state index contributed by atoms with van der Waals surface area (Å²) in [6, 6.07) is 3.91. The second-order valence-electron chi connectivity index (χ2n) is 5.53. The summed E-state index contributed by atoms with van der Waals surface area (Å²) in [4.78, 5) is 24.3. The van der Waals surface area contributed by atoms with Crippen LogP contribution < -0.4 is 0 Å². The zero-order valence-electron chi connectivity index (χ0n) is 12.4. The number of benzene rings is 1. The van der Waals surface area contributed by atoms with Gasteiger partial charge in [0.05, 0.1) is 5.02 Å². The highest BCUT2D eigenvalue weighted by atomic mass is 35.5. The highest BCUT2D eigenvalue weighted by Gasteiger charge is 2.40. The quantitative estimate of drug-likeness (QED) is 0.786. The maximum Gasteiger partial charge on any atom is 0.417 e. The van der Waals surface area contributed by atoms with Gasteiger partial charge in [0, 0.05) is 24.2 Å². The molecule has 0 N–H and O–H groups in total. The van der Waals surface area contributed by atoms with E-state index in [4.69, 9.17) is 27.9 Å². The summed E-state index contributed by atoms with van der Waals surface area (Å²) >= 11 is 11.9. The number of carbonyl (C=O) groups excluding carboxylic acids is 2. The number of sulfonamides is 1. The van der Waals surface area contributed by atoms with Gasteiger partial charge < -0.3 is 4.74 Å². The predicted molar refractivity (Wildman–Crippen MR) is 86.4 cm³/mol. The summed E-state index contributed by atoms with van der Waals surface area (Å²) in [5.74, 6) is -0.390. The molecule has 3 rings (SSSR count). The third-order valence-corrected chi connectivity index (χ3v) is 6.70. The third-order valence-electron chi connectivity index (χ3n) is 4.08. The number of cyclic esters (lactones) is 1. The number of ether oxygens (including phenoxy) is 1. The molecule has 2 aliphatic heterocycles. The Morgan fingerprint density at radius 1 is 1.12 bits per heavy atom. The second kappa shape index (κ2) is 6.51. The molecule has 24 heavy (non-hydrogen) atoms. The van der Waals surface area contributed by atoms with Crippen LogP contribution in [0.1, 0.15) is 12.8 Å². The minimum absolute atomic E-state index is 0.0493. The topological polar surface area (TPSA) is 84.0 Å². The summed E-state index contributed by atoms with van der Waals surface area (Å²) in [7, 11) is -3.79. The van der Waals surface area contributed by atoms with Crippen molar-refractivity contribution in [2.24, 2.45) is 0 Å². The third kappa shape index (κ3) is 3.11. The summed E-state index contributed by atoms with van der Waals surface area (Å²) in [5, 5.41) is 0.373. The van der Waals surface area contributed by atoms with E-state index in [2.05, 4.69) is 0 Å². The van der Waals surface area contributed by atoms with Crippen LogP contribution in [-0.2, 0) is 19.6 Å². The summed E-state index contributed by atoms with van der Waals surface area (Å²) < 4.78 is 31.4. The van der Waals surface area contributed by atoms with Crippen LogP contribution in [0.5, 0.6) is 0 Å². The van der Waals surface area contributed by atoms with Crippen molar-refractivity contribution in [2.45, 2.75) is 23.8 Å². The van der Waals surface area contributed by atoms with E-state index in [0.29, 0.717) is 12.8 Å². The number of amides is 2. The summed E-state index contributed by atoms with van der Waals surface area (Å²) in [5.41, 5.74) is 0. The maximum atomic E-state index is 12.7. The molecule has 1 aromatic rings. The first-order valence-electron chi connectivity index (χ1n) is 7.24. The van der Waals surface area contributed by atoms with Crippen molar-refractivity contribution in [1.29, 1.82) is 0 Å². The van der Waals surface area contributed by atoms with Crippen LogP contribution >= 0.6 is 23.2 Å². The van der Waals surface area contributed by atoms with E-state index in [0.717, 1.165) is 4.90 Å². The minimum atomic E-state index is -3.79. The van der Waals surface area contributed by atoms with Gasteiger partial charge in [-0.15, -0.1) is 0 Å². The fraction of sp³-hybridized carbons (Fsp3) is 0.429. The number of carbonyl (C=O) groups is 2. The van der Waals surface area contributed by atoms with Gasteiger partial charge in [-0.2, -0.15) is 4.31 Å². The molecular weight excluding hydrogens is 379 g/mol. The first-order valence-corrected chi connectivity index (χ1v) is 9.44. The van der Waals surface area contributed by atoms with E-state index >= 15 is 0 Å². The van der Waals surface area contributed by atoms with Crippen molar-refractivity contribution in [3.8, 4) is 0 Å². The fourth-order valence-corrected chi connectivity index (χ4v) is 5.08. The minimum Gasteiger partial charge on any atom is -0.439 e. The van der Waals surface area contributed by atoms with Gasteiger partial charge in [-0.05, 0) is 31.0 Å². The molecule has 0 unspecified atom stereocenters. The van der Waals surface area contributed by atoms with Gasteiger partial charge in [0.25, 0.3) is 5.91 Å². The van der Waals surface area contributed by atoms with E-state index in [1.54, 1.807) is 0 Å². The van der Waals surface area contributed by atoms with Gasteiger partial charge in [-0.3, -0.25) is 4.79 Å². The standard InChI is InChI=1S/C14H14Cl2N2O5S/c15-9-1-2-11(16)12(7-9)24(21,22)17-5-3-10(4-6-17)18-13(19)8-23-14(18)20/h1-2,7,10H,3-6,8H2. The van der Waals surface area contributed by atoms with Crippen molar-refractivity contribution in [1.82, 2.24) is 9.21 Å². The SMILES string of the molecule is O=C1COC(=O)N1C1CCN(S(=O)(=O)c2cc(Cl)ccc2Cl)CC1. The molecule has 2 fully saturated rings. The summed E-state index contributed by atoms with van der Waals surface area (Å²) in [6.07, 6.45) is 0.0236. The summed E-state index contributed by atoms with van der Waals surface area (Å²) in [6.45, 7) is 0.0925. The normalized spacial score (nSPS) is 20.5. The lowest BCUT2D eigenvalue weighted by Crippen LogP contribution is -2.48. The van der Waals surface area contributed by atoms with Crippen molar-refractivity contribution < 1.29 is 22.7 Å². The highest BCUT2D eigenvalue weighted by Crippen LogP contribution is 2.30. The molecular formula is C14H14Cl2N2O5S. The fourth-order valence-electron chi connectivity index (χ4n) is 2.87. The van der Waals surface area contributed by atoms with Crippen LogP contribution in [-0.4, -0.2) is 55.4 Å². The van der Waals surface area contributed by atoms with Gasteiger partial charge in [-0.1, -0.05) is 23.2 Å². The molecule has 0 spiro atoms. The van der Waals surface area contributed by atoms with Gasteiger partial charge in [0.1, 0.15) is 4.90 Å². The lowest BCUT2D eigenvalue weighted by molar-refractivity contribution is -0.127. The number of piperidine rings is 1. The molecule has 0 aromatic heterocycles. The first kappa shape index (κ1) is 17.5. The van der Waals surface area contributed by atoms with Crippen molar-refractivity contribution in [3.63, 3.8) is 0 Å². The molecule has 0 bridgehead atoms. The Hall–Kier alpha value is -1.35. The van der Waals surface area contributed by atoms with Crippen molar-refractivity contribution in [2.75, 3.05) is 19.7 Å². The second-order valence-corrected chi connectivity index (χ2v) is 8.28. The van der Waals surface area contributed by atoms with E-state index in [9.17, 15) is 18.0 Å². The Morgan fingerprint density at radius 2 is 1.79 bits per heavy atom. The van der Waals surface area contributed by atoms with Crippen molar-refractivity contribution >= 4 is 45.2 Å². The maximum absolute atomic E-state index is 12.7. The Kier molecular flexibility index (Phi) is 4.74. The van der Waals surface area contributed by atoms with Crippen LogP contribution in [0, 0.1) is 0 Å². The lowest BCUT2D eigenvalue weighted by Gasteiger charge is -2.34. The van der Waals surface area contributed by atoms with Crippen LogP contribution in [0.4, 0.5) is 4.79 Å². The molecule has 0 saturated carbocycles. The van der Waals surface area contributed by atoms with Gasteiger partial charge in [0.2, 0.25) is 10.0 Å². The van der Waals surface area contributed by atoms with Crippen LogP contribution in [0.3, 0.4) is 0 Å². The molecule has 1 aromatic carbocycles. The van der Waals surface area contributed by atoms with E-state index in [1.807, 2.05) is 0 Å². The molecule has 2 heterocycles. The average Bonchev–Trinajstić information content (AvgIpc) is 2.88. The Bertz CT molecular complexity index is 774. The molecule has 0 radical (unpaired) electrons. The zero-order chi connectivity index (χ0) is 17.5. The molecule has 2 aliphatic rings. The Labute approximate surface area is 149 Å². The van der Waals surface area contributed by atoms with Crippen LogP contribution in [0.15, 0.2) is 23.1 Å². The molecule has 2 amide bonds. The van der Waals surface area contributed by atoms with Gasteiger partial charge >= 0.3 is 6.09 Å². The smallest absolute Gasteiger partial charge is 0.417 e.